The highest BCUT2D eigenvalue weighted by molar-refractivity contribution is 5.76. The molecule has 0 heterocycles. The maximum absolute atomic E-state index is 11.5. The summed E-state index contributed by atoms with van der Waals surface area (Å²) in [6.45, 7) is 13.7. The summed E-state index contributed by atoms with van der Waals surface area (Å²) in [6.07, 6.45) is 3.04. The van der Waals surface area contributed by atoms with Gasteiger partial charge in [-0.1, -0.05) is 27.4 Å². The number of hydrogen-bond donors (Lipinski definition) is 0. The Balaban J connectivity index is 4.20. The zero-order valence-electron chi connectivity index (χ0n) is 10.0. The third kappa shape index (κ3) is 5.05. The van der Waals surface area contributed by atoms with Crippen molar-refractivity contribution in [3.63, 3.8) is 0 Å². The Hall–Kier alpha value is -0.790. The minimum Gasteiger partial charge on any atom is -0.435 e. The summed E-state index contributed by atoms with van der Waals surface area (Å²) in [4.78, 5) is 11.5. The molecule has 0 spiro atoms. The van der Waals surface area contributed by atoms with E-state index >= 15 is 0 Å². The first-order valence-electron chi connectivity index (χ1n) is 5.01. The van der Waals surface area contributed by atoms with Crippen LogP contribution in [-0.4, -0.2) is 5.97 Å². The molecule has 0 fully saturated rings. The van der Waals surface area contributed by atoms with Crippen LogP contribution in [0.25, 0.3) is 0 Å². The molecular formula is C12H22O2. The van der Waals surface area contributed by atoms with Crippen LogP contribution in [0.4, 0.5) is 0 Å². The fraction of sp³-hybridized carbons (Fsp3) is 0.750. The van der Waals surface area contributed by atoms with Crippen molar-refractivity contribution < 1.29 is 9.53 Å². The van der Waals surface area contributed by atoms with Crippen molar-refractivity contribution in [2.24, 2.45) is 10.8 Å². The van der Waals surface area contributed by atoms with Gasteiger partial charge in [0.2, 0.25) is 0 Å². The lowest BCUT2D eigenvalue weighted by Gasteiger charge is -2.26. The van der Waals surface area contributed by atoms with E-state index < -0.39 is 5.41 Å². The largest absolute Gasteiger partial charge is 0.435 e. The Morgan fingerprint density at radius 1 is 1.21 bits per heavy atom. The van der Waals surface area contributed by atoms with Gasteiger partial charge in [0, 0.05) is 0 Å². The lowest BCUT2D eigenvalue weighted by atomic mass is 9.80. The van der Waals surface area contributed by atoms with Crippen molar-refractivity contribution in [3.8, 4) is 0 Å². The molecule has 0 saturated heterocycles. The smallest absolute Gasteiger partial charge is 0.316 e. The van der Waals surface area contributed by atoms with Crippen LogP contribution >= 0.6 is 0 Å². The fourth-order valence-corrected chi connectivity index (χ4v) is 1.02. The molecule has 0 N–H and O–H groups in total. The molecule has 0 aromatic heterocycles. The van der Waals surface area contributed by atoms with Crippen LogP contribution < -0.4 is 0 Å². The van der Waals surface area contributed by atoms with Gasteiger partial charge in [-0.3, -0.25) is 4.79 Å². The van der Waals surface area contributed by atoms with Gasteiger partial charge >= 0.3 is 5.97 Å². The van der Waals surface area contributed by atoms with E-state index in [1.165, 1.54) is 6.26 Å². The summed E-state index contributed by atoms with van der Waals surface area (Å²) in [5, 5.41) is 0. The lowest BCUT2D eigenvalue weighted by Crippen LogP contribution is -2.26. The molecule has 2 heteroatoms. The average molecular weight is 198 g/mol. The van der Waals surface area contributed by atoms with E-state index in [0.717, 1.165) is 12.8 Å². The Bertz CT molecular complexity index is 209. The van der Waals surface area contributed by atoms with Crippen LogP contribution in [0.1, 0.15) is 47.5 Å². The molecule has 0 saturated carbocycles. The van der Waals surface area contributed by atoms with Gasteiger partial charge in [0.15, 0.2) is 0 Å². The zero-order valence-corrected chi connectivity index (χ0v) is 10.0. The monoisotopic (exact) mass is 198 g/mol. The minimum atomic E-state index is -0.415. The lowest BCUT2D eigenvalue weighted by molar-refractivity contribution is -0.148. The standard InChI is InChI=1S/C12H22O2/c1-7-14-10(13)12(5,6)9-8-11(2,3)4/h7H,1,8-9H2,2-6H3. The van der Waals surface area contributed by atoms with Crippen molar-refractivity contribution in [1.29, 1.82) is 0 Å². The highest BCUT2D eigenvalue weighted by Crippen LogP contribution is 2.31. The van der Waals surface area contributed by atoms with E-state index in [2.05, 4.69) is 27.4 Å². The van der Waals surface area contributed by atoms with Crippen molar-refractivity contribution >= 4 is 5.97 Å². The molecule has 0 aromatic rings. The summed E-state index contributed by atoms with van der Waals surface area (Å²) in [7, 11) is 0. The van der Waals surface area contributed by atoms with Gasteiger partial charge in [0.1, 0.15) is 0 Å². The number of esters is 1. The fourth-order valence-electron chi connectivity index (χ4n) is 1.02. The molecule has 0 aliphatic carbocycles. The van der Waals surface area contributed by atoms with Gasteiger partial charge in [-0.05, 0) is 32.1 Å². The third-order valence-electron chi connectivity index (χ3n) is 2.24. The molecule has 0 rings (SSSR count). The summed E-state index contributed by atoms with van der Waals surface area (Å²) in [6, 6.07) is 0. The second-order valence-corrected chi connectivity index (χ2v) is 5.52. The first-order chi connectivity index (χ1) is 6.19. The molecule has 0 atom stereocenters. The van der Waals surface area contributed by atoms with E-state index in [-0.39, 0.29) is 11.4 Å². The normalized spacial score (nSPS) is 12.4. The predicted octanol–water partition coefficient (Wildman–Crippen LogP) is 3.53. The number of carbonyl (C=O) groups is 1. The Labute approximate surface area is 87.3 Å². The van der Waals surface area contributed by atoms with Crippen LogP contribution in [0.5, 0.6) is 0 Å². The Kier molecular flexibility index (Phi) is 4.37. The van der Waals surface area contributed by atoms with E-state index in [1.54, 1.807) is 0 Å². The van der Waals surface area contributed by atoms with E-state index in [9.17, 15) is 4.79 Å². The SMILES string of the molecule is C=COC(=O)C(C)(C)CCC(C)(C)C. The molecule has 2 nitrogen and oxygen atoms in total. The number of carbonyl (C=O) groups excluding carboxylic acids is 1. The first kappa shape index (κ1) is 13.2. The second kappa shape index (κ2) is 4.63. The van der Waals surface area contributed by atoms with E-state index in [0.29, 0.717) is 0 Å². The van der Waals surface area contributed by atoms with Gasteiger partial charge in [-0.25, -0.2) is 0 Å². The van der Waals surface area contributed by atoms with Crippen LogP contribution in [0.15, 0.2) is 12.8 Å². The average Bonchev–Trinajstić information content (AvgIpc) is 2.00. The summed E-state index contributed by atoms with van der Waals surface area (Å²) >= 11 is 0. The van der Waals surface area contributed by atoms with E-state index in [4.69, 9.17) is 4.74 Å². The maximum atomic E-state index is 11.5. The van der Waals surface area contributed by atoms with Gasteiger partial charge in [0.25, 0.3) is 0 Å². The molecule has 0 amide bonds. The van der Waals surface area contributed by atoms with E-state index in [1.807, 2.05) is 13.8 Å². The summed E-state index contributed by atoms with van der Waals surface area (Å²) in [5.41, 5.74) is -0.160. The quantitative estimate of drug-likeness (QED) is 0.510. The topological polar surface area (TPSA) is 26.3 Å². The van der Waals surface area contributed by atoms with Gasteiger partial charge in [-0.15, -0.1) is 0 Å². The third-order valence-corrected chi connectivity index (χ3v) is 2.24. The van der Waals surface area contributed by atoms with Gasteiger partial charge in [0.05, 0.1) is 11.7 Å². The van der Waals surface area contributed by atoms with Gasteiger partial charge < -0.3 is 4.74 Å². The molecule has 0 bridgehead atoms. The predicted molar refractivity (Wildman–Crippen MR) is 58.8 cm³/mol. The highest BCUT2D eigenvalue weighted by Gasteiger charge is 2.30. The van der Waals surface area contributed by atoms with Crippen molar-refractivity contribution in [3.05, 3.63) is 12.8 Å². The second-order valence-electron chi connectivity index (χ2n) is 5.52. The van der Waals surface area contributed by atoms with Crippen molar-refractivity contribution in [1.82, 2.24) is 0 Å². The zero-order chi connectivity index (χ0) is 11.4. The molecule has 0 aliphatic rings. The van der Waals surface area contributed by atoms with Crippen LogP contribution in [0, 0.1) is 10.8 Å². The molecule has 14 heavy (non-hydrogen) atoms. The number of ether oxygens (including phenoxy) is 1. The van der Waals surface area contributed by atoms with Gasteiger partial charge in [-0.2, -0.15) is 0 Å². The Morgan fingerprint density at radius 2 is 1.71 bits per heavy atom. The summed E-state index contributed by atoms with van der Waals surface area (Å²) < 4.78 is 4.80. The summed E-state index contributed by atoms with van der Waals surface area (Å²) in [5.74, 6) is -0.197. The number of rotatable bonds is 4. The highest BCUT2D eigenvalue weighted by atomic mass is 16.5. The molecule has 0 aromatic carbocycles. The van der Waals surface area contributed by atoms with Crippen molar-refractivity contribution in [2.45, 2.75) is 47.5 Å². The molecular weight excluding hydrogens is 176 g/mol. The molecule has 0 aliphatic heterocycles. The number of hydrogen-bond acceptors (Lipinski definition) is 2. The Morgan fingerprint density at radius 3 is 2.07 bits per heavy atom. The van der Waals surface area contributed by atoms with Crippen LogP contribution in [0.3, 0.4) is 0 Å². The molecule has 82 valence electrons. The van der Waals surface area contributed by atoms with Crippen LogP contribution in [0.2, 0.25) is 0 Å². The molecule has 0 unspecified atom stereocenters. The molecule has 0 radical (unpaired) electrons. The minimum absolute atomic E-state index is 0.197. The maximum Gasteiger partial charge on any atom is 0.316 e. The van der Waals surface area contributed by atoms with Crippen LogP contribution in [-0.2, 0) is 9.53 Å². The first-order valence-corrected chi connectivity index (χ1v) is 5.01. The van der Waals surface area contributed by atoms with Crippen molar-refractivity contribution in [2.75, 3.05) is 0 Å².